The van der Waals surface area contributed by atoms with Crippen LogP contribution in [0.3, 0.4) is 0 Å². The molecule has 0 radical (unpaired) electrons. The van der Waals surface area contributed by atoms with Gasteiger partial charge in [0, 0.05) is 14.2 Å². The number of rotatable bonds is 4. The van der Waals surface area contributed by atoms with Crippen molar-refractivity contribution in [3.63, 3.8) is 0 Å². The van der Waals surface area contributed by atoms with Crippen LogP contribution in [-0.4, -0.2) is 74.0 Å². The van der Waals surface area contributed by atoms with Crippen LogP contribution in [0.15, 0.2) is 0 Å². The molecular weight excluding hydrogens is 244 g/mol. The van der Waals surface area contributed by atoms with Crippen molar-refractivity contribution in [3.05, 3.63) is 0 Å². The van der Waals surface area contributed by atoms with Crippen LogP contribution in [0.1, 0.15) is 0 Å². The maximum Gasteiger partial charge on any atom is 0.255 e. The highest BCUT2D eigenvalue weighted by molar-refractivity contribution is 6.09. The average molecular weight is 258 g/mol. The molecule has 100 valence electrons. The van der Waals surface area contributed by atoms with Gasteiger partial charge in [0.1, 0.15) is 26.3 Å². The molecule has 0 aromatic rings. The van der Waals surface area contributed by atoms with Crippen LogP contribution < -0.4 is 0 Å². The summed E-state index contributed by atoms with van der Waals surface area (Å²) < 4.78 is 9.20. The van der Waals surface area contributed by atoms with Crippen molar-refractivity contribution in [3.8, 4) is 0 Å². The predicted octanol–water partition coefficient (Wildman–Crippen LogP) is -2.00. The molecule has 1 aliphatic rings. The molecule has 0 unspecified atom stereocenters. The molecule has 0 atom stereocenters. The Labute approximate surface area is 103 Å². The summed E-state index contributed by atoms with van der Waals surface area (Å²) in [7, 11) is 2.62. The van der Waals surface area contributed by atoms with Crippen LogP contribution in [0.25, 0.3) is 0 Å². The first-order valence-electron chi connectivity index (χ1n) is 5.15. The summed E-state index contributed by atoms with van der Waals surface area (Å²) in [5.74, 6) is -2.42. The predicted molar refractivity (Wildman–Crippen MR) is 57.2 cm³/mol. The third-order valence-corrected chi connectivity index (χ3v) is 2.33. The lowest BCUT2D eigenvalue weighted by atomic mass is 10.3. The standard InChI is InChI=1S/C10H14N2O6/c1-17-5-9(15)11-3-8(14)12(4-7(11)13)10(16)6-18-2/h3-6H2,1-2H3. The van der Waals surface area contributed by atoms with E-state index in [1.807, 2.05) is 0 Å². The highest BCUT2D eigenvalue weighted by Gasteiger charge is 2.36. The molecular formula is C10H14N2O6. The highest BCUT2D eigenvalue weighted by Crippen LogP contribution is 2.06. The first-order chi connectivity index (χ1) is 8.51. The van der Waals surface area contributed by atoms with E-state index in [2.05, 4.69) is 9.47 Å². The number of hydrogen-bond donors (Lipinski definition) is 0. The van der Waals surface area contributed by atoms with E-state index in [0.29, 0.717) is 0 Å². The van der Waals surface area contributed by atoms with Crippen molar-refractivity contribution in [2.24, 2.45) is 0 Å². The zero-order valence-electron chi connectivity index (χ0n) is 10.2. The van der Waals surface area contributed by atoms with E-state index in [0.717, 1.165) is 9.80 Å². The molecule has 1 rings (SSSR count). The maximum absolute atomic E-state index is 11.6. The Kier molecular flexibility index (Phi) is 4.93. The largest absolute Gasteiger partial charge is 0.375 e. The molecule has 0 aromatic carbocycles. The van der Waals surface area contributed by atoms with E-state index in [4.69, 9.17) is 0 Å². The first kappa shape index (κ1) is 14.3. The molecule has 0 aliphatic carbocycles. The lowest BCUT2D eigenvalue weighted by Crippen LogP contribution is -2.58. The number of carbonyl (C=O) groups excluding carboxylic acids is 4. The number of amides is 4. The van der Waals surface area contributed by atoms with Crippen molar-refractivity contribution < 1.29 is 28.7 Å². The van der Waals surface area contributed by atoms with Gasteiger partial charge in [0.05, 0.1) is 0 Å². The number of nitrogens with zero attached hydrogens (tertiary/aromatic N) is 2. The van der Waals surface area contributed by atoms with E-state index < -0.39 is 36.7 Å². The molecule has 8 heteroatoms. The smallest absolute Gasteiger partial charge is 0.255 e. The van der Waals surface area contributed by atoms with Gasteiger partial charge < -0.3 is 9.47 Å². The van der Waals surface area contributed by atoms with E-state index >= 15 is 0 Å². The molecule has 0 saturated carbocycles. The van der Waals surface area contributed by atoms with E-state index in [-0.39, 0.29) is 13.2 Å². The van der Waals surface area contributed by atoms with Crippen LogP contribution in [-0.2, 0) is 28.7 Å². The van der Waals surface area contributed by atoms with Gasteiger partial charge in [-0.05, 0) is 0 Å². The molecule has 1 heterocycles. The van der Waals surface area contributed by atoms with Gasteiger partial charge in [0.25, 0.3) is 11.8 Å². The molecule has 0 spiro atoms. The Bertz CT molecular complexity index is 345. The fourth-order valence-electron chi connectivity index (χ4n) is 1.47. The average Bonchev–Trinajstić information content (AvgIpc) is 2.32. The normalized spacial score (nSPS) is 16.1. The minimum absolute atomic E-state index is 0.287. The molecule has 0 aromatic heterocycles. The fraction of sp³-hybridized carbons (Fsp3) is 0.600. The lowest BCUT2D eigenvalue weighted by molar-refractivity contribution is -0.164. The minimum atomic E-state index is -0.610. The van der Waals surface area contributed by atoms with Crippen molar-refractivity contribution in [1.82, 2.24) is 9.80 Å². The second-order valence-corrected chi connectivity index (χ2v) is 3.61. The quantitative estimate of drug-likeness (QED) is 0.579. The zero-order chi connectivity index (χ0) is 13.7. The molecule has 8 nitrogen and oxygen atoms in total. The third kappa shape index (κ3) is 3.11. The number of hydrogen-bond acceptors (Lipinski definition) is 6. The minimum Gasteiger partial charge on any atom is -0.375 e. The number of imide groups is 2. The van der Waals surface area contributed by atoms with E-state index in [1.54, 1.807) is 0 Å². The van der Waals surface area contributed by atoms with Gasteiger partial charge in [0.2, 0.25) is 11.8 Å². The molecule has 0 bridgehead atoms. The first-order valence-corrected chi connectivity index (χ1v) is 5.15. The van der Waals surface area contributed by atoms with Crippen molar-refractivity contribution in [2.75, 3.05) is 40.5 Å². The van der Waals surface area contributed by atoms with Crippen molar-refractivity contribution >= 4 is 23.6 Å². The molecule has 4 amide bonds. The van der Waals surface area contributed by atoms with Gasteiger partial charge in [-0.3, -0.25) is 29.0 Å². The van der Waals surface area contributed by atoms with Crippen molar-refractivity contribution in [2.45, 2.75) is 0 Å². The third-order valence-electron chi connectivity index (χ3n) is 2.33. The van der Waals surface area contributed by atoms with Gasteiger partial charge >= 0.3 is 0 Å². The van der Waals surface area contributed by atoms with Crippen LogP contribution >= 0.6 is 0 Å². The Hall–Kier alpha value is -1.80. The zero-order valence-corrected chi connectivity index (χ0v) is 10.2. The number of ether oxygens (including phenoxy) is 2. The summed E-state index contributed by atoms with van der Waals surface area (Å²) in [5.41, 5.74) is 0. The SMILES string of the molecule is COCC(=O)N1CC(=O)N(C(=O)COC)CC1=O. The lowest BCUT2D eigenvalue weighted by Gasteiger charge is -2.31. The van der Waals surface area contributed by atoms with Gasteiger partial charge in [-0.15, -0.1) is 0 Å². The summed E-state index contributed by atoms with van der Waals surface area (Å²) >= 11 is 0. The molecule has 1 aliphatic heterocycles. The molecule has 1 saturated heterocycles. The maximum atomic E-state index is 11.6. The Morgan fingerprint density at radius 2 is 1.28 bits per heavy atom. The summed E-state index contributed by atoms with van der Waals surface area (Å²) in [6.45, 7) is -1.47. The number of methoxy groups -OCH3 is 2. The van der Waals surface area contributed by atoms with Crippen LogP contribution in [0.2, 0.25) is 0 Å². The van der Waals surface area contributed by atoms with Gasteiger partial charge in [0.15, 0.2) is 0 Å². The molecule has 1 fully saturated rings. The highest BCUT2D eigenvalue weighted by atomic mass is 16.5. The van der Waals surface area contributed by atoms with Crippen molar-refractivity contribution in [1.29, 1.82) is 0 Å². The van der Waals surface area contributed by atoms with Gasteiger partial charge in [-0.25, -0.2) is 0 Å². The van der Waals surface area contributed by atoms with Gasteiger partial charge in [-0.1, -0.05) is 0 Å². The summed E-state index contributed by atoms with van der Waals surface area (Å²) in [6.07, 6.45) is 0. The van der Waals surface area contributed by atoms with Gasteiger partial charge in [-0.2, -0.15) is 0 Å². The fourth-order valence-corrected chi connectivity index (χ4v) is 1.47. The van der Waals surface area contributed by atoms with Crippen LogP contribution in [0.5, 0.6) is 0 Å². The Morgan fingerprint density at radius 3 is 1.56 bits per heavy atom. The molecule has 0 N–H and O–H groups in total. The van der Waals surface area contributed by atoms with Crippen LogP contribution in [0, 0.1) is 0 Å². The Balaban J connectivity index is 2.71. The summed E-state index contributed by atoms with van der Waals surface area (Å²) in [6, 6.07) is 0. The summed E-state index contributed by atoms with van der Waals surface area (Å²) in [4.78, 5) is 47.7. The number of piperazine rings is 1. The second kappa shape index (κ2) is 6.22. The van der Waals surface area contributed by atoms with Crippen LogP contribution in [0.4, 0.5) is 0 Å². The van der Waals surface area contributed by atoms with E-state index in [1.165, 1.54) is 14.2 Å². The molecule has 18 heavy (non-hydrogen) atoms. The summed E-state index contributed by atoms with van der Waals surface area (Å²) in [5, 5.41) is 0. The monoisotopic (exact) mass is 258 g/mol. The van der Waals surface area contributed by atoms with E-state index in [9.17, 15) is 19.2 Å². The topological polar surface area (TPSA) is 93.2 Å². The number of carbonyl (C=O) groups is 4. The Morgan fingerprint density at radius 1 is 0.944 bits per heavy atom. The second-order valence-electron chi connectivity index (χ2n) is 3.61.